The highest BCUT2D eigenvalue weighted by Gasteiger charge is 2.24. The van der Waals surface area contributed by atoms with Crippen LogP contribution in [0.15, 0.2) is 88.9 Å². The molecule has 3 amide bonds. The molecule has 10 heteroatoms. The van der Waals surface area contributed by atoms with E-state index in [0.717, 1.165) is 11.3 Å². The molecule has 0 aliphatic carbocycles. The number of carbonyl (C=O) groups is 2. The molecule has 1 aliphatic rings. The van der Waals surface area contributed by atoms with Crippen LogP contribution in [0.4, 0.5) is 16.2 Å². The van der Waals surface area contributed by atoms with Crippen molar-refractivity contribution in [1.29, 1.82) is 0 Å². The Morgan fingerprint density at radius 3 is 2.24 bits per heavy atom. The van der Waals surface area contributed by atoms with Gasteiger partial charge in [-0.3, -0.25) is 4.79 Å². The van der Waals surface area contributed by atoms with E-state index >= 15 is 0 Å². The van der Waals surface area contributed by atoms with Crippen molar-refractivity contribution < 1.29 is 18.0 Å². The number of hydrogen-bond donors (Lipinski definition) is 2. The van der Waals surface area contributed by atoms with Gasteiger partial charge in [0.05, 0.1) is 16.3 Å². The summed E-state index contributed by atoms with van der Waals surface area (Å²) >= 11 is 5.94. The highest BCUT2D eigenvalue weighted by Crippen LogP contribution is 2.24. The van der Waals surface area contributed by atoms with Crippen LogP contribution >= 0.6 is 11.6 Å². The molecule has 0 saturated heterocycles. The lowest BCUT2D eigenvalue weighted by Gasteiger charge is -2.24. The molecule has 0 bridgehead atoms. The lowest BCUT2D eigenvalue weighted by atomic mass is 10.0. The second-order valence-electron chi connectivity index (χ2n) is 7.18. The maximum atomic E-state index is 12.6. The normalized spacial score (nSPS) is 13.9. The highest BCUT2D eigenvalue weighted by atomic mass is 35.5. The number of para-hydroxylation sites is 1. The van der Waals surface area contributed by atoms with E-state index in [1.54, 1.807) is 42.5 Å². The number of carbonyl (C=O) groups excluding carboxylic acids is 2. The summed E-state index contributed by atoms with van der Waals surface area (Å²) in [4.78, 5) is 24.4. The van der Waals surface area contributed by atoms with Crippen molar-refractivity contribution in [2.24, 2.45) is 5.10 Å². The molecule has 0 fully saturated rings. The maximum Gasteiger partial charge on any atom is 0.333 e. The van der Waals surface area contributed by atoms with E-state index in [2.05, 4.69) is 10.4 Å². The zero-order valence-electron chi connectivity index (χ0n) is 17.2. The van der Waals surface area contributed by atoms with Gasteiger partial charge in [0.25, 0.3) is 10.0 Å². The average Bonchev–Trinajstić information content (AvgIpc) is 2.80. The fraction of sp³-hybridized carbons (Fsp3) is 0.0870. The number of benzene rings is 3. The summed E-state index contributed by atoms with van der Waals surface area (Å²) in [5, 5.41) is 8.75. The second kappa shape index (κ2) is 9.43. The van der Waals surface area contributed by atoms with Gasteiger partial charge in [-0.05, 0) is 54.1 Å². The maximum absolute atomic E-state index is 12.6. The highest BCUT2D eigenvalue weighted by molar-refractivity contribution is 7.90. The Balaban J connectivity index is 1.50. The van der Waals surface area contributed by atoms with E-state index in [4.69, 9.17) is 11.6 Å². The van der Waals surface area contributed by atoms with Crippen LogP contribution in [-0.2, 0) is 14.8 Å². The molecule has 1 heterocycles. The molecule has 3 aromatic rings. The van der Waals surface area contributed by atoms with Gasteiger partial charge in [-0.25, -0.2) is 22.9 Å². The van der Waals surface area contributed by atoms with Gasteiger partial charge in [0.1, 0.15) is 0 Å². The van der Waals surface area contributed by atoms with Gasteiger partial charge in [0.2, 0.25) is 5.91 Å². The Morgan fingerprint density at radius 2 is 1.58 bits per heavy atom. The van der Waals surface area contributed by atoms with Gasteiger partial charge in [-0.2, -0.15) is 5.10 Å². The molecule has 3 aromatic carbocycles. The smallest absolute Gasteiger partial charge is 0.307 e. The second-order valence-corrected chi connectivity index (χ2v) is 9.30. The molecule has 0 atom stereocenters. The third kappa shape index (κ3) is 5.39. The molecule has 33 heavy (non-hydrogen) atoms. The number of nitrogens with one attached hydrogen (secondary N) is 2. The number of hydrogen-bond acceptors (Lipinski definition) is 5. The van der Waals surface area contributed by atoms with Crippen molar-refractivity contribution in [3.8, 4) is 0 Å². The summed E-state index contributed by atoms with van der Waals surface area (Å²) in [6.45, 7) is 0. The van der Waals surface area contributed by atoms with E-state index in [1.807, 2.05) is 16.9 Å². The number of sulfonamides is 1. The summed E-state index contributed by atoms with van der Waals surface area (Å²) in [5.74, 6) is -0.205. The van der Waals surface area contributed by atoms with Gasteiger partial charge in [0, 0.05) is 23.6 Å². The van der Waals surface area contributed by atoms with Gasteiger partial charge in [-0.1, -0.05) is 41.9 Å². The Bertz CT molecular complexity index is 1310. The van der Waals surface area contributed by atoms with E-state index in [1.165, 1.54) is 29.3 Å². The van der Waals surface area contributed by atoms with Crippen molar-refractivity contribution in [1.82, 2.24) is 4.72 Å². The summed E-state index contributed by atoms with van der Waals surface area (Å²) in [7, 11) is -4.11. The van der Waals surface area contributed by atoms with Gasteiger partial charge >= 0.3 is 6.03 Å². The van der Waals surface area contributed by atoms with E-state index in [-0.39, 0.29) is 17.2 Å². The van der Waals surface area contributed by atoms with Crippen molar-refractivity contribution in [2.45, 2.75) is 17.7 Å². The molecule has 4 rings (SSSR count). The van der Waals surface area contributed by atoms with Crippen LogP contribution < -0.4 is 15.0 Å². The third-order valence-corrected chi connectivity index (χ3v) is 6.46. The fourth-order valence-electron chi connectivity index (χ4n) is 3.23. The number of nitrogens with zero attached hydrogens (tertiary/aromatic N) is 2. The largest absolute Gasteiger partial charge is 0.333 e. The molecule has 8 nitrogen and oxygen atoms in total. The number of hydrazone groups is 1. The Labute approximate surface area is 195 Å². The molecule has 0 saturated carbocycles. The summed E-state index contributed by atoms with van der Waals surface area (Å²) in [6, 6.07) is 20.3. The monoisotopic (exact) mass is 482 g/mol. The van der Waals surface area contributed by atoms with Crippen LogP contribution in [0.3, 0.4) is 0 Å². The number of urea groups is 1. The standard InChI is InChI=1S/C23H19ClN4O4S/c24-17-8-6-16(7-9-17)21-14-15-22(29)28(26-21)19-10-12-20(13-11-19)33(31,32)27-23(30)25-18-4-2-1-3-5-18/h1-13H,14-15H2,(H2,25,27,30). The SMILES string of the molecule is O=C(Nc1ccccc1)NS(=O)(=O)c1ccc(N2N=C(c3ccc(Cl)cc3)CCC2=O)cc1. The number of rotatable bonds is 5. The first-order valence-corrected chi connectivity index (χ1v) is 11.8. The first-order chi connectivity index (χ1) is 15.8. The van der Waals surface area contributed by atoms with Gasteiger partial charge < -0.3 is 5.32 Å². The van der Waals surface area contributed by atoms with E-state index < -0.39 is 16.1 Å². The summed E-state index contributed by atoms with van der Waals surface area (Å²) in [6.07, 6.45) is 0.757. The van der Waals surface area contributed by atoms with Crippen LogP contribution in [0, 0.1) is 0 Å². The van der Waals surface area contributed by atoms with Crippen LogP contribution in [0.1, 0.15) is 18.4 Å². The van der Waals surface area contributed by atoms with E-state index in [9.17, 15) is 18.0 Å². The van der Waals surface area contributed by atoms with Crippen molar-refractivity contribution in [3.63, 3.8) is 0 Å². The first-order valence-electron chi connectivity index (χ1n) is 9.97. The molecule has 1 aliphatic heterocycles. The van der Waals surface area contributed by atoms with Crippen molar-refractivity contribution in [3.05, 3.63) is 89.4 Å². The molecule has 0 unspecified atom stereocenters. The molecule has 0 radical (unpaired) electrons. The minimum atomic E-state index is -4.11. The molecular formula is C23H19ClN4O4S. The molecular weight excluding hydrogens is 464 g/mol. The van der Waals surface area contributed by atoms with Crippen LogP contribution in [-0.4, -0.2) is 26.1 Å². The quantitative estimate of drug-likeness (QED) is 0.562. The molecule has 0 aromatic heterocycles. The number of anilines is 2. The van der Waals surface area contributed by atoms with Crippen molar-refractivity contribution >= 4 is 50.6 Å². The van der Waals surface area contributed by atoms with Crippen LogP contribution in [0.5, 0.6) is 0 Å². The van der Waals surface area contributed by atoms with Crippen molar-refractivity contribution in [2.75, 3.05) is 10.3 Å². The molecule has 0 spiro atoms. The minimum Gasteiger partial charge on any atom is -0.307 e. The van der Waals surface area contributed by atoms with Crippen LogP contribution in [0.2, 0.25) is 5.02 Å². The lowest BCUT2D eigenvalue weighted by Crippen LogP contribution is -2.34. The topological polar surface area (TPSA) is 108 Å². The molecule has 168 valence electrons. The minimum absolute atomic E-state index is 0.124. The summed E-state index contributed by atoms with van der Waals surface area (Å²) < 4.78 is 27.1. The average molecular weight is 483 g/mol. The van der Waals surface area contributed by atoms with Gasteiger partial charge in [-0.15, -0.1) is 0 Å². The van der Waals surface area contributed by atoms with Crippen LogP contribution in [0.25, 0.3) is 0 Å². The zero-order valence-corrected chi connectivity index (χ0v) is 18.8. The predicted molar refractivity (Wildman–Crippen MR) is 127 cm³/mol. The zero-order chi connectivity index (χ0) is 23.4. The fourth-order valence-corrected chi connectivity index (χ4v) is 4.26. The Hall–Kier alpha value is -3.69. The molecule has 2 N–H and O–H groups in total. The summed E-state index contributed by atoms with van der Waals surface area (Å²) in [5.41, 5.74) is 2.45. The number of halogens is 1. The Morgan fingerprint density at radius 1 is 0.909 bits per heavy atom. The lowest BCUT2D eigenvalue weighted by molar-refractivity contribution is -0.118. The van der Waals surface area contributed by atoms with E-state index in [0.29, 0.717) is 22.8 Å². The Kier molecular flexibility index (Phi) is 6.43. The predicted octanol–water partition coefficient (Wildman–Crippen LogP) is 4.38. The first kappa shape index (κ1) is 22.5. The third-order valence-electron chi connectivity index (χ3n) is 4.86. The van der Waals surface area contributed by atoms with Gasteiger partial charge in [0.15, 0.2) is 0 Å². The number of amides is 3.